The standard InChI is InChI=1S/C66H119NO8/c1-6-8-10-12-14-16-18-20-22-24-26-27-28-29-30-31-32-33-34-35-36-37-39-41-43-45-47-49-51-53-55-57-64(69)75-62(61-74-66(65(70)71)72-59-58-67(3,4)5)60-73-63(68)56-54-52-50-48-46-44-42-40-38-25-23-21-19-17-15-13-11-9-7-2/h8,10,14,16,20,22,26-27,29-30,62,66H,6-7,9,11-13,15,17-19,21,23-25,28,31-61H2,1-5H3/p+1/b10-8-,16-14-,22-20-,27-26-,30-29-. The molecule has 1 N–H and O–H groups in total. The van der Waals surface area contributed by atoms with Gasteiger partial charge in [0.05, 0.1) is 34.4 Å². The topological polar surface area (TPSA) is 108 Å². The lowest BCUT2D eigenvalue weighted by molar-refractivity contribution is -0.870. The van der Waals surface area contributed by atoms with Crippen LogP contribution in [0.15, 0.2) is 60.8 Å². The van der Waals surface area contributed by atoms with Crippen molar-refractivity contribution in [3.8, 4) is 0 Å². The first-order valence-corrected chi connectivity index (χ1v) is 31.5. The van der Waals surface area contributed by atoms with Gasteiger partial charge in [-0.3, -0.25) is 9.59 Å². The number of aliphatic carboxylic acids is 1. The van der Waals surface area contributed by atoms with E-state index in [0.29, 0.717) is 17.4 Å². The number of esters is 2. The molecule has 0 aromatic rings. The van der Waals surface area contributed by atoms with Crippen LogP contribution in [0.3, 0.4) is 0 Å². The zero-order valence-corrected chi connectivity index (χ0v) is 49.7. The molecule has 0 radical (unpaired) electrons. The Morgan fingerprint density at radius 1 is 0.413 bits per heavy atom. The molecular weight excluding hydrogens is 935 g/mol. The van der Waals surface area contributed by atoms with Gasteiger partial charge in [0.1, 0.15) is 13.2 Å². The SMILES string of the molecule is CC/C=C\C/C=C\C/C=C\C/C=C\C/C=C\CCCCCCCCCCCCCCCCCC(=O)OC(COC(=O)CCCCCCCCCCCCCCCCCCCCC)COC(OCC[N+](C)(C)C)C(=O)O. The molecule has 0 aliphatic carbocycles. The van der Waals surface area contributed by atoms with Crippen molar-refractivity contribution >= 4 is 17.9 Å². The molecule has 0 saturated carbocycles. The fourth-order valence-electron chi connectivity index (χ4n) is 8.98. The van der Waals surface area contributed by atoms with Crippen molar-refractivity contribution in [3.63, 3.8) is 0 Å². The molecule has 75 heavy (non-hydrogen) atoms. The summed E-state index contributed by atoms with van der Waals surface area (Å²) in [5, 5.41) is 9.72. The van der Waals surface area contributed by atoms with Crippen molar-refractivity contribution in [1.29, 1.82) is 0 Å². The Bertz CT molecular complexity index is 1410. The predicted molar refractivity (Wildman–Crippen MR) is 318 cm³/mol. The number of allylic oxidation sites excluding steroid dienone is 10. The van der Waals surface area contributed by atoms with Gasteiger partial charge in [-0.25, -0.2) is 4.79 Å². The van der Waals surface area contributed by atoms with Crippen LogP contribution in [0.25, 0.3) is 0 Å². The first kappa shape index (κ1) is 72.0. The number of rotatable bonds is 58. The molecule has 0 fully saturated rings. The first-order chi connectivity index (χ1) is 36.6. The second kappa shape index (κ2) is 57.2. The Morgan fingerprint density at radius 2 is 0.760 bits per heavy atom. The molecule has 0 aliphatic heterocycles. The van der Waals surface area contributed by atoms with E-state index in [0.717, 1.165) is 70.6 Å². The highest BCUT2D eigenvalue weighted by atomic mass is 16.7. The van der Waals surface area contributed by atoms with Crippen LogP contribution in [-0.2, 0) is 33.3 Å². The molecule has 0 heterocycles. The number of nitrogens with zero attached hydrogens (tertiary/aromatic N) is 1. The number of carbonyl (C=O) groups is 3. The van der Waals surface area contributed by atoms with Gasteiger partial charge in [0.25, 0.3) is 6.29 Å². The van der Waals surface area contributed by atoms with Crippen LogP contribution in [0, 0.1) is 0 Å². The second-order valence-electron chi connectivity index (χ2n) is 22.3. The maximum Gasteiger partial charge on any atom is 0.361 e. The summed E-state index contributed by atoms with van der Waals surface area (Å²) in [7, 11) is 5.98. The number of hydrogen-bond donors (Lipinski definition) is 1. The molecule has 436 valence electrons. The lowest BCUT2D eigenvalue weighted by Gasteiger charge is -2.25. The van der Waals surface area contributed by atoms with Gasteiger partial charge in [-0.15, -0.1) is 0 Å². The highest BCUT2D eigenvalue weighted by Crippen LogP contribution is 2.17. The van der Waals surface area contributed by atoms with Gasteiger partial charge in [-0.2, -0.15) is 0 Å². The third-order valence-corrected chi connectivity index (χ3v) is 13.8. The fourth-order valence-corrected chi connectivity index (χ4v) is 8.98. The Morgan fingerprint density at radius 3 is 1.13 bits per heavy atom. The summed E-state index contributed by atoms with van der Waals surface area (Å²) in [4.78, 5) is 37.5. The van der Waals surface area contributed by atoms with Crippen LogP contribution in [-0.4, -0.2) is 87.4 Å². The zero-order valence-electron chi connectivity index (χ0n) is 49.7. The van der Waals surface area contributed by atoms with E-state index in [1.165, 1.54) is 186 Å². The minimum atomic E-state index is -1.51. The lowest BCUT2D eigenvalue weighted by atomic mass is 10.0. The van der Waals surface area contributed by atoms with E-state index in [2.05, 4.69) is 74.6 Å². The van der Waals surface area contributed by atoms with Gasteiger partial charge in [-0.05, 0) is 57.8 Å². The first-order valence-electron chi connectivity index (χ1n) is 31.5. The molecular formula is C66H120NO8+. The van der Waals surface area contributed by atoms with Crippen LogP contribution in [0.2, 0.25) is 0 Å². The molecule has 0 aromatic carbocycles. The molecule has 0 bridgehead atoms. The quantitative estimate of drug-likeness (QED) is 0.0211. The van der Waals surface area contributed by atoms with Gasteiger partial charge < -0.3 is 28.5 Å². The third kappa shape index (κ3) is 58.5. The molecule has 0 spiro atoms. The van der Waals surface area contributed by atoms with Crippen LogP contribution in [0.1, 0.15) is 284 Å². The number of likely N-dealkylation sites (N-methyl/N-ethyl adjacent to an activating group) is 1. The zero-order chi connectivity index (χ0) is 54.8. The molecule has 2 atom stereocenters. The highest BCUT2D eigenvalue weighted by Gasteiger charge is 2.25. The number of ether oxygens (including phenoxy) is 4. The summed E-state index contributed by atoms with van der Waals surface area (Å²) in [6, 6.07) is 0. The van der Waals surface area contributed by atoms with E-state index in [4.69, 9.17) is 18.9 Å². The number of hydrogen-bond acceptors (Lipinski definition) is 7. The molecule has 0 saturated heterocycles. The molecule has 0 rings (SSSR count). The average Bonchev–Trinajstić information content (AvgIpc) is 3.38. The third-order valence-electron chi connectivity index (χ3n) is 13.8. The largest absolute Gasteiger partial charge is 0.477 e. The number of unbranched alkanes of at least 4 members (excludes halogenated alkanes) is 33. The summed E-state index contributed by atoms with van der Waals surface area (Å²) >= 11 is 0. The smallest absolute Gasteiger partial charge is 0.361 e. The Balaban J connectivity index is 4.14. The molecule has 0 amide bonds. The molecule has 9 nitrogen and oxygen atoms in total. The summed E-state index contributed by atoms with van der Waals surface area (Å²) in [6.07, 6.45) is 70.2. The van der Waals surface area contributed by atoms with Crippen molar-refractivity contribution in [2.75, 3.05) is 47.5 Å². The minimum absolute atomic E-state index is 0.179. The normalized spacial score (nSPS) is 13.1. The van der Waals surface area contributed by atoms with Crippen molar-refractivity contribution in [2.45, 2.75) is 296 Å². The second-order valence-corrected chi connectivity index (χ2v) is 22.3. The Hall–Kier alpha value is -3.01. The predicted octanol–water partition coefficient (Wildman–Crippen LogP) is 18.8. The van der Waals surface area contributed by atoms with Crippen LogP contribution < -0.4 is 0 Å². The van der Waals surface area contributed by atoms with E-state index < -0.39 is 24.3 Å². The number of carboxylic acid groups (broad SMARTS) is 1. The summed E-state index contributed by atoms with van der Waals surface area (Å²) < 4.78 is 22.9. The van der Waals surface area contributed by atoms with Gasteiger partial charge >= 0.3 is 17.9 Å². The van der Waals surface area contributed by atoms with Crippen LogP contribution in [0.5, 0.6) is 0 Å². The van der Waals surface area contributed by atoms with E-state index >= 15 is 0 Å². The van der Waals surface area contributed by atoms with E-state index in [9.17, 15) is 19.5 Å². The maximum absolute atomic E-state index is 12.9. The maximum atomic E-state index is 12.9. The number of quaternary nitrogens is 1. The van der Waals surface area contributed by atoms with E-state index in [1.807, 2.05) is 21.1 Å². The minimum Gasteiger partial charge on any atom is -0.477 e. The van der Waals surface area contributed by atoms with Crippen LogP contribution >= 0.6 is 0 Å². The molecule has 0 aromatic heterocycles. The van der Waals surface area contributed by atoms with E-state index in [-0.39, 0.29) is 32.2 Å². The summed E-state index contributed by atoms with van der Waals surface area (Å²) in [6.45, 7) is 4.81. The van der Waals surface area contributed by atoms with Crippen molar-refractivity contribution in [3.05, 3.63) is 60.8 Å². The highest BCUT2D eigenvalue weighted by molar-refractivity contribution is 5.71. The number of carbonyl (C=O) groups excluding carboxylic acids is 2. The van der Waals surface area contributed by atoms with Crippen molar-refractivity contribution < 1.29 is 42.9 Å². The van der Waals surface area contributed by atoms with Crippen molar-refractivity contribution in [1.82, 2.24) is 0 Å². The molecule has 2 unspecified atom stereocenters. The van der Waals surface area contributed by atoms with Crippen molar-refractivity contribution in [2.24, 2.45) is 0 Å². The monoisotopic (exact) mass is 1050 g/mol. The van der Waals surface area contributed by atoms with Gasteiger partial charge in [0, 0.05) is 12.8 Å². The fraction of sp³-hybridized carbons (Fsp3) is 0.803. The Labute approximate surface area is 463 Å². The van der Waals surface area contributed by atoms with Gasteiger partial charge in [0.2, 0.25) is 0 Å². The van der Waals surface area contributed by atoms with Crippen LogP contribution in [0.4, 0.5) is 0 Å². The number of carboxylic acids is 1. The Kier molecular flexibility index (Phi) is 54.9. The van der Waals surface area contributed by atoms with Gasteiger partial charge in [-0.1, -0.05) is 274 Å². The van der Waals surface area contributed by atoms with Gasteiger partial charge in [0.15, 0.2) is 6.10 Å². The average molecular weight is 1060 g/mol. The molecule has 0 aliphatic rings. The summed E-state index contributed by atoms with van der Waals surface area (Å²) in [5.41, 5.74) is 0. The summed E-state index contributed by atoms with van der Waals surface area (Å²) in [5.74, 6) is -1.99. The van der Waals surface area contributed by atoms with E-state index in [1.54, 1.807) is 0 Å². The molecule has 9 heteroatoms. The lowest BCUT2D eigenvalue weighted by Crippen LogP contribution is -2.40.